The summed E-state index contributed by atoms with van der Waals surface area (Å²) in [6.07, 6.45) is 1.96. The predicted molar refractivity (Wildman–Crippen MR) is 65.8 cm³/mol. The summed E-state index contributed by atoms with van der Waals surface area (Å²) in [6.45, 7) is 1.74. The molecule has 1 unspecified atom stereocenters. The van der Waals surface area contributed by atoms with Gasteiger partial charge in [0.1, 0.15) is 11.4 Å². The molecule has 3 nitrogen and oxygen atoms in total. The van der Waals surface area contributed by atoms with Gasteiger partial charge in [-0.1, -0.05) is 0 Å². The van der Waals surface area contributed by atoms with Crippen LogP contribution >= 0.6 is 0 Å². The Labute approximate surface area is 104 Å². The summed E-state index contributed by atoms with van der Waals surface area (Å²) < 4.78 is 18.5. The molecule has 1 aliphatic carbocycles. The molecular formula is C14H14FNO2. The van der Waals surface area contributed by atoms with E-state index in [1.54, 1.807) is 13.0 Å². The van der Waals surface area contributed by atoms with Crippen molar-refractivity contribution in [3.63, 3.8) is 0 Å². The average molecular weight is 247 g/mol. The number of Topliss-reactive ketones (excluding diaryl/α,β-unsaturated/α-hetero) is 1. The summed E-state index contributed by atoms with van der Waals surface area (Å²) in [5.74, 6) is -0.107. The number of halogens is 1. The number of rotatable bonds is 3. The van der Waals surface area contributed by atoms with Gasteiger partial charge in [-0.15, -0.1) is 0 Å². The van der Waals surface area contributed by atoms with Crippen molar-refractivity contribution in [1.82, 2.24) is 0 Å². The largest absolute Gasteiger partial charge is 0.453 e. The highest BCUT2D eigenvalue weighted by Gasteiger charge is 2.45. The fourth-order valence-corrected chi connectivity index (χ4v) is 2.26. The van der Waals surface area contributed by atoms with Gasteiger partial charge in [0.2, 0.25) is 5.78 Å². The zero-order valence-corrected chi connectivity index (χ0v) is 10.1. The molecule has 0 aliphatic heterocycles. The van der Waals surface area contributed by atoms with E-state index in [0.29, 0.717) is 11.0 Å². The first-order valence-corrected chi connectivity index (χ1v) is 6.01. The van der Waals surface area contributed by atoms with Crippen molar-refractivity contribution in [2.45, 2.75) is 25.3 Å². The smallest absolute Gasteiger partial charge is 0.217 e. The van der Waals surface area contributed by atoms with Crippen LogP contribution in [0.15, 0.2) is 28.7 Å². The van der Waals surface area contributed by atoms with E-state index in [-0.39, 0.29) is 23.3 Å². The summed E-state index contributed by atoms with van der Waals surface area (Å²) in [5.41, 5.74) is 5.69. The van der Waals surface area contributed by atoms with Gasteiger partial charge in [0, 0.05) is 5.39 Å². The van der Waals surface area contributed by atoms with Crippen LogP contribution in [0.2, 0.25) is 0 Å². The van der Waals surface area contributed by atoms with E-state index >= 15 is 0 Å². The summed E-state index contributed by atoms with van der Waals surface area (Å²) >= 11 is 0. The summed E-state index contributed by atoms with van der Waals surface area (Å²) in [4.78, 5) is 12.3. The Morgan fingerprint density at radius 1 is 1.44 bits per heavy atom. The third-order valence-corrected chi connectivity index (χ3v) is 3.62. The van der Waals surface area contributed by atoms with Gasteiger partial charge in [-0.2, -0.15) is 0 Å². The van der Waals surface area contributed by atoms with Crippen molar-refractivity contribution in [2.75, 3.05) is 0 Å². The maximum atomic E-state index is 13.1. The minimum Gasteiger partial charge on any atom is -0.453 e. The molecule has 2 aromatic rings. The van der Waals surface area contributed by atoms with Crippen molar-refractivity contribution < 1.29 is 13.6 Å². The zero-order valence-electron chi connectivity index (χ0n) is 10.1. The Balaban J connectivity index is 2.01. The van der Waals surface area contributed by atoms with Crippen LogP contribution in [0.4, 0.5) is 4.39 Å². The van der Waals surface area contributed by atoms with E-state index in [2.05, 4.69) is 0 Å². The lowest BCUT2D eigenvalue weighted by molar-refractivity contribution is 0.0856. The molecule has 0 amide bonds. The molecule has 3 rings (SSSR count). The van der Waals surface area contributed by atoms with E-state index < -0.39 is 5.54 Å². The molecule has 2 N–H and O–H groups in total. The van der Waals surface area contributed by atoms with Crippen LogP contribution in [0.5, 0.6) is 0 Å². The molecule has 18 heavy (non-hydrogen) atoms. The molecule has 1 aromatic heterocycles. The summed E-state index contributed by atoms with van der Waals surface area (Å²) in [5, 5.41) is 0.588. The molecule has 1 fully saturated rings. The highest BCUT2D eigenvalue weighted by molar-refractivity contribution is 6.03. The molecule has 94 valence electrons. The van der Waals surface area contributed by atoms with E-state index in [0.717, 1.165) is 12.8 Å². The van der Waals surface area contributed by atoms with E-state index in [4.69, 9.17) is 10.2 Å². The first-order valence-electron chi connectivity index (χ1n) is 6.01. The van der Waals surface area contributed by atoms with Crippen molar-refractivity contribution in [3.05, 3.63) is 35.8 Å². The van der Waals surface area contributed by atoms with Gasteiger partial charge < -0.3 is 10.2 Å². The van der Waals surface area contributed by atoms with E-state index in [1.807, 2.05) is 0 Å². The number of carbonyl (C=O) groups excluding carboxylic acids is 1. The number of carbonyl (C=O) groups is 1. The highest BCUT2D eigenvalue weighted by Crippen LogP contribution is 2.40. The average Bonchev–Trinajstić information content (AvgIpc) is 3.09. The quantitative estimate of drug-likeness (QED) is 0.848. The van der Waals surface area contributed by atoms with Gasteiger partial charge in [-0.25, -0.2) is 4.39 Å². The maximum absolute atomic E-state index is 13.1. The molecule has 4 heteroatoms. The second kappa shape index (κ2) is 3.65. The van der Waals surface area contributed by atoms with Gasteiger partial charge in [-0.3, -0.25) is 4.79 Å². The van der Waals surface area contributed by atoms with Crippen LogP contribution < -0.4 is 5.73 Å². The molecule has 1 atom stereocenters. The van der Waals surface area contributed by atoms with Crippen LogP contribution in [-0.2, 0) is 0 Å². The van der Waals surface area contributed by atoms with Gasteiger partial charge in [0.05, 0.1) is 5.54 Å². The van der Waals surface area contributed by atoms with Gasteiger partial charge >= 0.3 is 0 Å². The lowest BCUT2D eigenvalue weighted by Crippen LogP contribution is -2.46. The number of ketones is 1. The van der Waals surface area contributed by atoms with Crippen molar-refractivity contribution in [1.29, 1.82) is 0 Å². The number of benzene rings is 1. The third kappa shape index (κ3) is 1.73. The molecule has 1 aliphatic rings. The molecule has 1 aromatic carbocycles. The van der Waals surface area contributed by atoms with Crippen molar-refractivity contribution in [3.8, 4) is 0 Å². The Kier molecular flexibility index (Phi) is 2.32. The second-order valence-electron chi connectivity index (χ2n) is 5.18. The standard InChI is InChI=1S/C14H14FNO2/c1-14(16,9-2-3-9)13(17)12-7-8-6-10(15)4-5-11(8)18-12/h4-7,9H,2-3,16H2,1H3. The van der Waals surface area contributed by atoms with Crippen LogP contribution in [0.1, 0.15) is 30.3 Å². The second-order valence-corrected chi connectivity index (χ2v) is 5.18. The number of furan rings is 1. The fraction of sp³-hybridized carbons (Fsp3) is 0.357. The van der Waals surface area contributed by atoms with E-state index in [9.17, 15) is 9.18 Å². The Morgan fingerprint density at radius 3 is 2.83 bits per heavy atom. The van der Waals surface area contributed by atoms with Crippen LogP contribution in [0.25, 0.3) is 11.0 Å². The first kappa shape index (κ1) is 11.4. The van der Waals surface area contributed by atoms with E-state index in [1.165, 1.54) is 18.2 Å². The molecule has 0 radical (unpaired) electrons. The SMILES string of the molecule is CC(N)(C(=O)c1cc2cc(F)ccc2o1)C1CC1. The van der Waals surface area contributed by atoms with Crippen LogP contribution in [0, 0.1) is 11.7 Å². The van der Waals surface area contributed by atoms with Crippen LogP contribution in [0.3, 0.4) is 0 Å². The number of nitrogens with two attached hydrogens (primary N) is 1. The molecular weight excluding hydrogens is 233 g/mol. The summed E-state index contributed by atoms with van der Waals surface area (Å²) in [7, 11) is 0. The first-order chi connectivity index (χ1) is 8.48. The lowest BCUT2D eigenvalue weighted by atomic mass is 9.90. The summed E-state index contributed by atoms with van der Waals surface area (Å²) in [6, 6.07) is 5.74. The third-order valence-electron chi connectivity index (χ3n) is 3.62. The highest BCUT2D eigenvalue weighted by atomic mass is 19.1. The Bertz CT molecular complexity index is 626. The lowest BCUT2D eigenvalue weighted by Gasteiger charge is -2.20. The minimum absolute atomic E-state index is 0.207. The van der Waals surface area contributed by atoms with Gasteiger partial charge in [-0.05, 0) is 49.9 Å². The molecule has 1 heterocycles. The van der Waals surface area contributed by atoms with Crippen molar-refractivity contribution in [2.24, 2.45) is 11.7 Å². The molecule has 0 saturated heterocycles. The van der Waals surface area contributed by atoms with Gasteiger partial charge in [0.25, 0.3) is 0 Å². The van der Waals surface area contributed by atoms with Crippen LogP contribution in [-0.4, -0.2) is 11.3 Å². The van der Waals surface area contributed by atoms with Gasteiger partial charge in [0.15, 0.2) is 5.76 Å². The topological polar surface area (TPSA) is 56.2 Å². The molecule has 0 bridgehead atoms. The normalized spacial score (nSPS) is 18.8. The number of hydrogen-bond donors (Lipinski definition) is 1. The number of hydrogen-bond acceptors (Lipinski definition) is 3. The maximum Gasteiger partial charge on any atom is 0.217 e. The molecule has 1 saturated carbocycles. The minimum atomic E-state index is -0.883. The van der Waals surface area contributed by atoms with Crippen molar-refractivity contribution >= 4 is 16.8 Å². The molecule has 0 spiro atoms. The fourth-order valence-electron chi connectivity index (χ4n) is 2.26. The Morgan fingerprint density at radius 2 is 2.17 bits per heavy atom. The number of fused-ring (bicyclic) bond motifs is 1. The monoisotopic (exact) mass is 247 g/mol. The zero-order chi connectivity index (χ0) is 12.9. The Hall–Kier alpha value is -1.68. The predicted octanol–water partition coefficient (Wildman–Crippen LogP) is 2.88.